The fourth-order valence-corrected chi connectivity index (χ4v) is 2.19. The second-order valence-corrected chi connectivity index (χ2v) is 5.50. The lowest BCUT2D eigenvalue weighted by Crippen LogP contribution is -2.06. The number of aryl methyl sites for hydroxylation is 1. The van der Waals surface area contributed by atoms with Crippen LogP contribution in [0.25, 0.3) is 0 Å². The van der Waals surface area contributed by atoms with Gasteiger partial charge in [0.05, 0.1) is 11.7 Å². The Kier molecular flexibility index (Phi) is 5.04. The monoisotopic (exact) mass is 299 g/mol. The molecule has 4 nitrogen and oxygen atoms in total. The highest BCUT2D eigenvalue weighted by Gasteiger charge is 2.06. The number of nitrogens with one attached hydrogen (secondary N) is 1. The minimum atomic E-state index is -0.909. The number of carboxylic acid groups (broad SMARTS) is 1. The summed E-state index contributed by atoms with van der Waals surface area (Å²) in [5.41, 5.74) is 3.25. The average Bonchev–Trinajstić information content (AvgIpc) is 2.45. The Hall–Kier alpha value is -2.49. The number of aromatic carboxylic acids is 1. The van der Waals surface area contributed by atoms with E-state index in [1.807, 2.05) is 45.0 Å². The summed E-state index contributed by atoms with van der Waals surface area (Å²) in [5, 5.41) is 12.3. The van der Waals surface area contributed by atoms with Gasteiger partial charge in [-0.2, -0.15) is 0 Å². The summed E-state index contributed by atoms with van der Waals surface area (Å²) in [6.07, 6.45) is 0.147. The van der Waals surface area contributed by atoms with Crippen LogP contribution in [0.4, 0.5) is 5.69 Å². The molecule has 0 fully saturated rings. The van der Waals surface area contributed by atoms with Crippen LogP contribution in [-0.4, -0.2) is 17.2 Å². The van der Waals surface area contributed by atoms with Gasteiger partial charge < -0.3 is 15.2 Å². The van der Waals surface area contributed by atoms with Crippen LogP contribution in [0, 0.1) is 6.92 Å². The summed E-state index contributed by atoms with van der Waals surface area (Å²) in [5.74, 6) is -0.0552. The number of hydrogen-bond donors (Lipinski definition) is 2. The first-order valence-corrected chi connectivity index (χ1v) is 7.29. The normalized spacial score (nSPS) is 10.5. The lowest BCUT2D eigenvalue weighted by atomic mass is 10.1. The molecule has 0 atom stereocenters. The fraction of sp³-hybridized carbons (Fsp3) is 0.278. The van der Waals surface area contributed by atoms with Crippen LogP contribution in [0.5, 0.6) is 5.75 Å². The molecule has 0 amide bonds. The largest absolute Gasteiger partial charge is 0.491 e. The van der Waals surface area contributed by atoms with Gasteiger partial charge in [0.2, 0.25) is 0 Å². The van der Waals surface area contributed by atoms with Crippen LogP contribution in [0.15, 0.2) is 42.5 Å². The van der Waals surface area contributed by atoms with E-state index in [0.29, 0.717) is 12.1 Å². The van der Waals surface area contributed by atoms with Crippen LogP contribution >= 0.6 is 0 Å². The summed E-state index contributed by atoms with van der Waals surface area (Å²) >= 11 is 0. The van der Waals surface area contributed by atoms with Crippen LogP contribution in [0.2, 0.25) is 0 Å². The molecule has 0 bridgehead atoms. The Morgan fingerprint density at radius 1 is 1.23 bits per heavy atom. The first-order chi connectivity index (χ1) is 10.5. The van der Waals surface area contributed by atoms with Gasteiger partial charge in [0.1, 0.15) is 5.75 Å². The number of hydrogen-bond acceptors (Lipinski definition) is 3. The third-order valence-corrected chi connectivity index (χ3v) is 3.23. The maximum atomic E-state index is 10.9. The lowest BCUT2D eigenvalue weighted by Gasteiger charge is -2.13. The predicted molar refractivity (Wildman–Crippen MR) is 87.7 cm³/mol. The Balaban J connectivity index is 2.05. The fourth-order valence-electron chi connectivity index (χ4n) is 2.19. The van der Waals surface area contributed by atoms with E-state index in [-0.39, 0.29) is 6.10 Å². The minimum absolute atomic E-state index is 0.147. The smallest absolute Gasteiger partial charge is 0.335 e. The van der Waals surface area contributed by atoms with Crippen molar-refractivity contribution in [1.29, 1.82) is 0 Å². The van der Waals surface area contributed by atoms with E-state index < -0.39 is 5.97 Å². The average molecular weight is 299 g/mol. The molecule has 2 N–H and O–H groups in total. The van der Waals surface area contributed by atoms with Crippen LogP contribution in [-0.2, 0) is 6.54 Å². The zero-order valence-electron chi connectivity index (χ0n) is 13.1. The van der Waals surface area contributed by atoms with E-state index in [9.17, 15) is 4.79 Å². The molecule has 22 heavy (non-hydrogen) atoms. The zero-order valence-corrected chi connectivity index (χ0v) is 13.1. The maximum Gasteiger partial charge on any atom is 0.335 e. The van der Waals surface area contributed by atoms with Gasteiger partial charge in [-0.05, 0) is 62.2 Å². The first-order valence-electron chi connectivity index (χ1n) is 7.29. The standard InChI is InChI=1S/C18H21NO3/c1-12(2)22-16-6-4-5-14(10-16)11-19-17-8-7-15(18(20)21)9-13(17)3/h4-10,12,19H,11H2,1-3H3,(H,20,21). The molecular weight excluding hydrogens is 278 g/mol. The molecule has 0 radical (unpaired) electrons. The first kappa shape index (κ1) is 15.9. The van der Waals surface area contributed by atoms with E-state index in [2.05, 4.69) is 5.32 Å². The van der Waals surface area contributed by atoms with Crippen molar-refractivity contribution >= 4 is 11.7 Å². The van der Waals surface area contributed by atoms with Gasteiger partial charge in [0.25, 0.3) is 0 Å². The van der Waals surface area contributed by atoms with Crippen molar-refractivity contribution < 1.29 is 14.6 Å². The quantitative estimate of drug-likeness (QED) is 0.843. The van der Waals surface area contributed by atoms with E-state index in [1.165, 1.54) is 0 Å². The molecule has 0 saturated heterocycles. The molecule has 0 aliphatic rings. The highest BCUT2D eigenvalue weighted by Crippen LogP contribution is 2.19. The summed E-state index contributed by atoms with van der Waals surface area (Å²) in [6, 6.07) is 13.0. The third-order valence-electron chi connectivity index (χ3n) is 3.23. The number of anilines is 1. The summed E-state index contributed by atoms with van der Waals surface area (Å²) in [7, 11) is 0. The molecule has 4 heteroatoms. The molecular formula is C18H21NO3. The molecule has 116 valence electrons. The second kappa shape index (κ2) is 6.98. The summed E-state index contributed by atoms with van der Waals surface area (Å²) in [4.78, 5) is 10.9. The van der Waals surface area contributed by atoms with Crippen molar-refractivity contribution in [3.63, 3.8) is 0 Å². The topological polar surface area (TPSA) is 58.6 Å². The van der Waals surface area contributed by atoms with E-state index in [4.69, 9.17) is 9.84 Å². The molecule has 0 heterocycles. The van der Waals surface area contributed by atoms with Gasteiger partial charge >= 0.3 is 5.97 Å². The van der Waals surface area contributed by atoms with Crippen molar-refractivity contribution in [2.75, 3.05) is 5.32 Å². The number of benzene rings is 2. The molecule has 0 unspecified atom stereocenters. The van der Waals surface area contributed by atoms with Crippen LogP contribution < -0.4 is 10.1 Å². The van der Waals surface area contributed by atoms with Crippen LogP contribution in [0.1, 0.15) is 35.3 Å². The Morgan fingerprint density at radius 2 is 2.00 bits per heavy atom. The molecule has 2 rings (SSSR count). The zero-order chi connectivity index (χ0) is 16.1. The molecule has 0 aromatic heterocycles. The van der Waals surface area contributed by atoms with Crippen molar-refractivity contribution in [2.45, 2.75) is 33.4 Å². The number of rotatable bonds is 6. The van der Waals surface area contributed by atoms with Gasteiger partial charge in [-0.1, -0.05) is 12.1 Å². The van der Waals surface area contributed by atoms with E-state index in [0.717, 1.165) is 22.6 Å². The molecule has 0 aliphatic carbocycles. The number of carboxylic acids is 1. The molecule has 2 aromatic carbocycles. The lowest BCUT2D eigenvalue weighted by molar-refractivity contribution is 0.0697. The molecule has 0 aliphatic heterocycles. The molecule has 0 saturated carbocycles. The van der Waals surface area contributed by atoms with Crippen molar-refractivity contribution in [3.05, 3.63) is 59.2 Å². The predicted octanol–water partition coefficient (Wildman–Crippen LogP) is 4.09. The Labute approximate surface area is 130 Å². The highest BCUT2D eigenvalue weighted by atomic mass is 16.5. The maximum absolute atomic E-state index is 10.9. The Bertz CT molecular complexity index is 665. The third kappa shape index (κ3) is 4.25. The van der Waals surface area contributed by atoms with Crippen molar-refractivity contribution in [1.82, 2.24) is 0 Å². The van der Waals surface area contributed by atoms with E-state index >= 15 is 0 Å². The second-order valence-electron chi connectivity index (χ2n) is 5.50. The number of carbonyl (C=O) groups is 1. The SMILES string of the molecule is Cc1cc(C(=O)O)ccc1NCc1cccc(OC(C)C)c1. The van der Waals surface area contributed by atoms with Gasteiger partial charge in [-0.15, -0.1) is 0 Å². The summed E-state index contributed by atoms with van der Waals surface area (Å²) in [6.45, 7) is 6.55. The molecule has 2 aromatic rings. The van der Waals surface area contributed by atoms with Gasteiger partial charge in [0, 0.05) is 12.2 Å². The number of ether oxygens (including phenoxy) is 1. The highest BCUT2D eigenvalue weighted by molar-refractivity contribution is 5.88. The van der Waals surface area contributed by atoms with Gasteiger partial charge in [-0.3, -0.25) is 0 Å². The summed E-state index contributed by atoms with van der Waals surface area (Å²) < 4.78 is 5.68. The van der Waals surface area contributed by atoms with Crippen molar-refractivity contribution in [3.8, 4) is 5.75 Å². The van der Waals surface area contributed by atoms with Gasteiger partial charge in [-0.25, -0.2) is 4.79 Å². The van der Waals surface area contributed by atoms with Crippen LogP contribution in [0.3, 0.4) is 0 Å². The molecule has 0 spiro atoms. The van der Waals surface area contributed by atoms with Crippen molar-refractivity contribution in [2.24, 2.45) is 0 Å². The Morgan fingerprint density at radius 3 is 2.64 bits per heavy atom. The minimum Gasteiger partial charge on any atom is -0.491 e. The van der Waals surface area contributed by atoms with Gasteiger partial charge in [0.15, 0.2) is 0 Å². The van der Waals surface area contributed by atoms with E-state index in [1.54, 1.807) is 18.2 Å².